The minimum atomic E-state index is -0.313. The van der Waals surface area contributed by atoms with E-state index < -0.39 is 0 Å². The van der Waals surface area contributed by atoms with Crippen molar-refractivity contribution < 1.29 is 10.0 Å². The van der Waals surface area contributed by atoms with Crippen LogP contribution < -0.4 is 4.90 Å². The molecule has 0 radical (unpaired) electrons. The van der Waals surface area contributed by atoms with Crippen LogP contribution in [0.1, 0.15) is 25.7 Å². The number of hydrogen-bond acceptors (Lipinski definition) is 5. The molecule has 1 N–H and O–H groups in total. The summed E-state index contributed by atoms with van der Waals surface area (Å²) in [6.07, 6.45) is 4.05. The largest absolute Gasteiger partial charge is 0.391 e. The summed E-state index contributed by atoms with van der Waals surface area (Å²) in [5, 5.41) is 21.3. The van der Waals surface area contributed by atoms with Crippen molar-refractivity contribution in [3.05, 3.63) is 34.4 Å². The summed E-state index contributed by atoms with van der Waals surface area (Å²) >= 11 is 0. The molecule has 6 heteroatoms. The van der Waals surface area contributed by atoms with Crippen LogP contribution >= 0.6 is 0 Å². The predicted molar refractivity (Wildman–Crippen MR) is 85.1 cm³/mol. The fourth-order valence-corrected chi connectivity index (χ4v) is 3.70. The maximum absolute atomic E-state index is 11.2. The van der Waals surface area contributed by atoms with Crippen LogP contribution in [0.25, 0.3) is 0 Å². The molecule has 6 nitrogen and oxygen atoms in total. The standard InChI is InChI=1S/C16H23N3O3/c20-16-8-4-3-7-15(16)18-11-9-17(10-12-18)13-5-1-2-6-14(13)19(21)22/h1-2,5-6,15-16,20H,3-4,7-12H2. The number of benzene rings is 1. The van der Waals surface area contributed by atoms with Crippen molar-refractivity contribution >= 4 is 11.4 Å². The lowest BCUT2D eigenvalue weighted by Crippen LogP contribution is -2.54. The summed E-state index contributed by atoms with van der Waals surface area (Å²) in [5.74, 6) is 0. The van der Waals surface area contributed by atoms with E-state index in [1.807, 2.05) is 12.1 Å². The molecule has 2 atom stereocenters. The summed E-state index contributed by atoms with van der Waals surface area (Å²) in [7, 11) is 0. The second-order valence-electron chi connectivity index (χ2n) is 6.19. The van der Waals surface area contributed by atoms with E-state index in [1.165, 1.54) is 6.42 Å². The number of nitro benzene ring substituents is 1. The molecular formula is C16H23N3O3. The third-order valence-electron chi connectivity index (χ3n) is 4.90. The first kappa shape index (κ1) is 15.2. The highest BCUT2D eigenvalue weighted by atomic mass is 16.6. The van der Waals surface area contributed by atoms with E-state index >= 15 is 0 Å². The van der Waals surface area contributed by atoms with Crippen LogP contribution in [0.4, 0.5) is 11.4 Å². The van der Waals surface area contributed by atoms with Gasteiger partial charge < -0.3 is 10.0 Å². The first-order valence-electron chi connectivity index (χ1n) is 8.07. The number of aliphatic hydroxyl groups excluding tert-OH is 1. The molecule has 0 bridgehead atoms. The highest BCUT2D eigenvalue weighted by Gasteiger charge is 2.31. The molecule has 1 saturated heterocycles. The van der Waals surface area contributed by atoms with Gasteiger partial charge in [-0.3, -0.25) is 15.0 Å². The topological polar surface area (TPSA) is 69.9 Å². The molecule has 22 heavy (non-hydrogen) atoms. The van der Waals surface area contributed by atoms with Gasteiger partial charge in [0.05, 0.1) is 11.0 Å². The zero-order valence-electron chi connectivity index (χ0n) is 12.7. The van der Waals surface area contributed by atoms with Crippen LogP contribution in [0, 0.1) is 10.1 Å². The monoisotopic (exact) mass is 305 g/mol. The van der Waals surface area contributed by atoms with Gasteiger partial charge in [-0.05, 0) is 18.9 Å². The molecule has 1 heterocycles. The number of nitrogens with zero attached hydrogens (tertiary/aromatic N) is 3. The average molecular weight is 305 g/mol. The van der Waals surface area contributed by atoms with Crippen LogP contribution in [0.2, 0.25) is 0 Å². The van der Waals surface area contributed by atoms with Crippen molar-refractivity contribution in [3.63, 3.8) is 0 Å². The second-order valence-corrected chi connectivity index (χ2v) is 6.19. The quantitative estimate of drug-likeness (QED) is 0.683. The van der Waals surface area contributed by atoms with Gasteiger partial charge in [-0.2, -0.15) is 0 Å². The molecule has 1 aliphatic heterocycles. The van der Waals surface area contributed by atoms with Gasteiger partial charge in [-0.15, -0.1) is 0 Å². The second kappa shape index (κ2) is 6.62. The maximum Gasteiger partial charge on any atom is 0.292 e. The van der Waals surface area contributed by atoms with E-state index in [0.717, 1.165) is 45.4 Å². The van der Waals surface area contributed by atoms with Crippen LogP contribution in [-0.4, -0.2) is 53.3 Å². The third-order valence-corrected chi connectivity index (χ3v) is 4.90. The van der Waals surface area contributed by atoms with E-state index in [1.54, 1.807) is 12.1 Å². The number of para-hydroxylation sites is 2. The number of aliphatic hydroxyl groups is 1. The van der Waals surface area contributed by atoms with Crippen molar-refractivity contribution in [3.8, 4) is 0 Å². The van der Waals surface area contributed by atoms with Gasteiger partial charge >= 0.3 is 0 Å². The minimum Gasteiger partial charge on any atom is -0.391 e. The zero-order valence-corrected chi connectivity index (χ0v) is 12.7. The normalized spacial score (nSPS) is 26.9. The van der Waals surface area contributed by atoms with Crippen LogP contribution in [0.3, 0.4) is 0 Å². The lowest BCUT2D eigenvalue weighted by atomic mass is 9.91. The Balaban J connectivity index is 1.66. The Bertz CT molecular complexity index is 529. The fourth-order valence-electron chi connectivity index (χ4n) is 3.70. The Kier molecular flexibility index (Phi) is 4.59. The molecule has 0 amide bonds. The summed E-state index contributed by atoms with van der Waals surface area (Å²) in [4.78, 5) is 15.3. The Hall–Kier alpha value is -1.66. The fraction of sp³-hybridized carbons (Fsp3) is 0.625. The van der Waals surface area contributed by atoms with Gasteiger partial charge in [-0.25, -0.2) is 0 Å². The van der Waals surface area contributed by atoms with Gasteiger partial charge in [0.1, 0.15) is 5.69 Å². The van der Waals surface area contributed by atoms with Crippen LogP contribution in [-0.2, 0) is 0 Å². The minimum absolute atomic E-state index is 0.175. The van der Waals surface area contributed by atoms with E-state index in [-0.39, 0.29) is 22.8 Å². The Morgan fingerprint density at radius 2 is 1.77 bits per heavy atom. The van der Waals surface area contributed by atoms with E-state index in [9.17, 15) is 15.2 Å². The molecule has 2 fully saturated rings. The Labute approximate surface area is 130 Å². The molecule has 0 aromatic heterocycles. The smallest absolute Gasteiger partial charge is 0.292 e. The lowest BCUT2D eigenvalue weighted by Gasteiger charge is -2.43. The number of anilines is 1. The first-order valence-corrected chi connectivity index (χ1v) is 8.07. The van der Waals surface area contributed by atoms with E-state index in [4.69, 9.17) is 0 Å². The molecule has 2 unspecified atom stereocenters. The van der Waals surface area contributed by atoms with E-state index in [0.29, 0.717) is 5.69 Å². The highest BCUT2D eigenvalue weighted by molar-refractivity contribution is 5.63. The zero-order chi connectivity index (χ0) is 15.5. The van der Waals surface area contributed by atoms with Crippen LogP contribution in [0.5, 0.6) is 0 Å². The summed E-state index contributed by atoms with van der Waals surface area (Å²) in [5.41, 5.74) is 0.880. The first-order chi connectivity index (χ1) is 10.7. The van der Waals surface area contributed by atoms with Gasteiger partial charge in [0.25, 0.3) is 5.69 Å². The van der Waals surface area contributed by atoms with Gasteiger partial charge in [0.15, 0.2) is 0 Å². The highest BCUT2D eigenvalue weighted by Crippen LogP contribution is 2.30. The van der Waals surface area contributed by atoms with Gasteiger partial charge in [-0.1, -0.05) is 25.0 Å². The SMILES string of the molecule is O=[N+]([O-])c1ccccc1N1CCN(C2CCCCC2O)CC1. The number of piperazine rings is 1. The van der Waals surface area contributed by atoms with E-state index in [2.05, 4.69) is 9.80 Å². The molecular weight excluding hydrogens is 282 g/mol. The number of hydrogen-bond donors (Lipinski definition) is 1. The molecule has 1 saturated carbocycles. The molecule has 120 valence electrons. The Morgan fingerprint density at radius 3 is 2.45 bits per heavy atom. The molecule has 0 spiro atoms. The summed E-state index contributed by atoms with van der Waals surface area (Å²) in [6, 6.07) is 7.20. The number of nitro groups is 1. The molecule has 1 aliphatic carbocycles. The molecule has 2 aliphatic rings. The summed E-state index contributed by atoms with van der Waals surface area (Å²) < 4.78 is 0. The average Bonchev–Trinajstić information content (AvgIpc) is 2.55. The predicted octanol–water partition coefficient (Wildman–Crippen LogP) is 2.02. The molecule has 1 aromatic carbocycles. The Morgan fingerprint density at radius 1 is 1.09 bits per heavy atom. The van der Waals surface area contributed by atoms with Crippen molar-refractivity contribution in [2.24, 2.45) is 0 Å². The summed E-state index contributed by atoms with van der Waals surface area (Å²) in [6.45, 7) is 3.25. The van der Waals surface area contributed by atoms with Crippen molar-refractivity contribution in [2.75, 3.05) is 31.1 Å². The van der Waals surface area contributed by atoms with Gasteiger partial charge in [0, 0.05) is 38.3 Å². The maximum atomic E-state index is 11.2. The van der Waals surface area contributed by atoms with Crippen molar-refractivity contribution in [1.82, 2.24) is 4.90 Å². The molecule has 3 rings (SSSR count). The molecule has 1 aromatic rings. The van der Waals surface area contributed by atoms with Crippen molar-refractivity contribution in [2.45, 2.75) is 37.8 Å². The van der Waals surface area contributed by atoms with Crippen LogP contribution in [0.15, 0.2) is 24.3 Å². The van der Waals surface area contributed by atoms with Crippen molar-refractivity contribution in [1.29, 1.82) is 0 Å². The lowest BCUT2D eigenvalue weighted by molar-refractivity contribution is -0.384. The number of rotatable bonds is 3. The van der Waals surface area contributed by atoms with Gasteiger partial charge in [0.2, 0.25) is 0 Å². The third kappa shape index (κ3) is 3.08.